The number of likely N-dealkylation sites (N-methyl/N-ethyl adjacent to an activating group) is 1. The molecule has 8 nitrogen and oxygen atoms in total. The minimum Gasteiger partial charge on any atom is -0.465 e. The Kier molecular flexibility index (Phi) is 6.65. The van der Waals surface area contributed by atoms with Crippen LogP contribution < -0.4 is 0 Å². The van der Waals surface area contributed by atoms with Crippen LogP contribution >= 0.6 is 11.8 Å². The Bertz CT molecular complexity index is 1310. The molecule has 2 heterocycles. The fourth-order valence-corrected chi connectivity index (χ4v) is 4.12. The highest BCUT2D eigenvalue weighted by molar-refractivity contribution is 8.18. The summed E-state index contributed by atoms with van der Waals surface area (Å²) in [4.78, 5) is 42.3. The maximum absolute atomic E-state index is 12.7. The number of hydrogen-bond donors (Lipinski definition) is 0. The van der Waals surface area contributed by atoms with E-state index in [0.29, 0.717) is 38.4 Å². The monoisotopic (exact) mass is 476 g/mol. The number of methoxy groups -OCH3 is 2. The van der Waals surface area contributed by atoms with Gasteiger partial charge < -0.3 is 13.9 Å². The Balaban J connectivity index is 1.51. The van der Waals surface area contributed by atoms with Crippen molar-refractivity contribution in [1.29, 1.82) is 0 Å². The molecule has 1 aromatic heterocycles. The molecule has 1 aliphatic rings. The second kappa shape index (κ2) is 9.80. The number of rotatable bonds is 5. The highest BCUT2D eigenvalue weighted by Crippen LogP contribution is 2.34. The summed E-state index contributed by atoms with van der Waals surface area (Å²) in [7, 11) is 4.30. The van der Waals surface area contributed by atoms with Gasteiger partial charge in [-0.2, -0.15) is 0 Å². The Morgan fingerprint density at radius 3 is 2.09 bits per heavy atom. The van der Waals surface area contributed by atoms with Crippen LogP contribution in [0, 0.1) is 0 Å². The van der Waals surface area contributed by atoms with Crippen molar-refractivity contribution in [3.63, 3.8) is 0 Å². The molecule has 9 heteroatoms. The van der Waals surface area contributed by atoms with E-state index in [0.717, 1.165) is 5.56 Å². The number of amidine groups is 1. The van der Waals surface area contributed by atoms with Gasteiger partial charge in [-0.05, 0) is 60.3 Å². The Morgan fingerprint density at radius 2 is 1.50 bits per heavy atom. The lowest BCUT2D eigenvalue weighted by Gasteiger charge is -2.07. The third-order valence-corrected chi connectivity index (χ3v) is 6.07. The van der Waals surface area contributed by atoms with Gasteiger partial charge in [0.15, 0.2) is 5.17 Å². The third kappa shape index (κ3) is 4.79. The van der Waals surface area contributed by atoms with Crippen LogP contribution in [-0.2, 0) is 14.3 Å². The number of thioether (sulfide) groups is 1. The van der Waals surface area contributed by atoms with E-state index in [1.165, 1.54) is 30.9 Å². The van der Waals surface area contributed by atoms with E-state index in [1.54, 1.807) is 73.8 Å². The minimum atomic E-state index is -0.427. The Labute approximate surface area is 199 Å². The normalized spacial score (nSPS) is 15.7. The number of hydrogen-bond acceptors (Lipinski definition) is 8. The van der Waals surface area contributed by atoms with Crippen molar-refractivity contribution < 1.29 is 28.3 Å². The summed E-state index contributed by atoms with van der Waals surface area (Å²) in [5.74, 6) is 0.0836. The summed E-state index contributed by atoms with van der Waals surface area (Å²) in [5.41, 5.74) is 2.26. The van der Waals surface area contributed by atoms with Crippen LogP contribution in [-0.4, -0.2) is 49.2 Å². The number of carbonyl (C=O) groups is 3. The number of esters is 2. The first-order valence-electron chi connectivity index (χ1n) is 10.1. The van der Waals surface area contributed by atoms with Gasteiger partial charge in [0.25, 0.3) is 5.91 Å². The largest absolute Gasteiger partial charge is 0.465 e. The summed E-state index contributed by atoms with van der Waals surface area (Å²) in [6.45, 7) is 0. The lowest BCUT2D eigenvalue weighted by molar-refractivity contribution is -0.121. The first kappa shape index (κ1) is 23.1. The number of carbonyl (C=O) groups excluding carboxylic acids is 3. The molecule has 0 saturated carbocycles. The summed E-state index contributed by atoms with van der Waals surface area (Å²) in [6, 6.07) is 17.0. The van der Waals surface area contributed by atoms with E-state index in [2.05, 4.69) is 4.99 Å². The van der Waals surface area contributed by atoms with Crippen molar-refractivity contribution in [3.05, 3.63) is 82.5 Å². The van der Waals surface area contributed by atoms with Crippen molar-refractivity contribution in [2.24, 2.45) is 4.99 Å². The zero-order valence-corrected chi connectivity index (χ0v) is 19.4. The predicted octanol–water partition coefficient (Wildman–Crippen LogP) is 4.75. The molecule has 0 radical (unpaired) electrons. The van der Waals surface area contributed by atoms with Gasteiger partial charge in [0.2, 0.25) is 0 Å². The molecule has 0 spiro atoms. The zero-order chi connectivity index (χ0) is 24.2. The molecule has 0 bridgehead atoms. The number of ether oxygens (including phenoxy) is 2. The fourth-order valence-electron chi connectivity index (χ4n) is 3.16. The van der Waals surface area contributed by atoms with Crippen LogP contribution in [0.1, 0.15) is 26.5 Å². The van der Waals surface area contributed by atoms with Crippen molar-refractivity contribution >= 4 is 46.5 Å². The number of benzene rings is 2. The van der Waals surface area contributed by atoms with E-state index in [-0.39, 0.29) is 5.91 Å². The molecule has 0 unspecified atom stereocenters. The van der Waals surface area contributed by atoms with Crippen molar-refractivity contribution in [2.75, 3.05) is 21.3 Å². The molecule has 3 aromatic rings. The van der Waals surface area contributed by atoms with Gasteiger partial charge >= 0.3 is 11.9 Å². The van der Waals surface area contributed by atoms with E-state index >= 15 is 0 Å². The van der Waals surface area contributed by atoms with Crippen LogP contribution in [0.3, 0.4) is 0 Å². The smallest absolute Gasteiger partial charge is 0.337 e. The average Bonchev–Trinajstić information content (AvgIpc) is 3.44. The predicted molar refractivity (Wildman–Crippen MR) is 129 cm³/mol. The molecule has 1 fully saturated rings. The molecule has 4 rings (SSSR count). The summed E-state index contributed by atoms with van der Waals surface area (Å²) in [6.07, 6.45) is 1.67. The summed E-state index contributed by atoms with van der Waals surface area (Å²) in [5, 5.41) is 0.507. The van der Waals surface area contributed by atoms with Gasteiger partial charge in [0.1, 0.15) is 11.5 Å². The average molecular weight is 477 g/mol. The number of aliphatic imine (C=N–C) groups is 1. The van der Waals surface area contributed by atoms with Gasteiger partial charge in [-0.1, -0.05) is 12.1 Å². The highest BCUT2D eigenvalue weighted by Gasteiger charge is 2.30. The Hall–Kier alpha value is -4.11. The van der Waals surface area contributed by atoms with Gasteiger partial charge in [0.05, 0.1) is 35.9 Å². The highest BCUT2D eigenvalue weighted by atomic mass is 32.2. The second-order valence-corrected chi connectivity index (χ2v) is 8.19. The number of furan rings is 1. The first-order valence-corrected chi connectivity index (χ1v) is 10.9. The molecule has 0 atom stereocenters. The molecule has 1 amide bonds. The van der Waals surface area contributed by atoms with E-state index in [9.17, 15) is 14.4 Å². The van der Waals surface area contributed by atoms with Crippen molar-refractivity contribution in [1.82, 2.24) is 4.90 Å². The lowest BCUT2D eigenvalue weighted by atomic mass is 10.1. The summed E-state index contributed by atoms with van der Waals surface area (Å²) < 4.78 is 15.3. The van der Waals surface area contributed by atoms with Crippen LogP contribution in [0.4, 0.5) is 5.69 Å². The number of amides is 1. The van der Waals surface area contributed by atoms with Crippen molar-refractivity contribution in [2.45, 2.75) is 0 Å². The van der Waals surface area contributed by atoms with E-state index in [1.807, 2.05) is 0 Å². The van der Waals surface area contributed by atoms with Gasteiger partial charge in [-0.3, -0.25) is 9.69 Å². The van der Waals surface area contributed by atoms with E-state index < -0.39 is 11.9 Å². The Morgan fingerprint density at radius 1 is 0.912 bits per heavy atom. The van der Waals surface area contributed by atoms with Crippen LogP contribution in [0.25, 0.3) is 17.4 Å². The van der Waals surface area contributed by atoms with Gasteiger partial charge in [-0.15, -0.1) is 0 Å². The quantitative estimate of drug-likeness (QED) is 0.387. The van der Waals surface area contributed by atoms with Gasteiger partial charge in [0, 0.05) is 18.7 Å². The molecular formula is C25H20N2O6S. The lowest BCUT2D eigenvalue weighted by Crippen LogP contribution is -2.23. The maximum atomic E-state index is 12.7. The molecule has 0 aliphatic carbocycles. The molecular weight excluding hydrogens is 456 g/mol. The maximum Gasteiger partial charge on any atom is 0.337 e. The summed E-state index contributed by atoms with van der Waals surface area (Å²) >= 11 is 1.23. The van der Waals surface area contributed by atoms with Gasteiger partial charge in [-0.25, -0.2) is 14.6 Å². The topological polar surface area (TPSA) is 98.4 Å². The number of nitrogens with zero attached hydrogens (tertiary/aromatic N) is 2. The minimum absolute atomic E-state index is 0.199. The fraction of sp³-hybridized carbons (Fsp3) is 0.120. The SMILES string of the molecule is COC(=O)c1ccc(N=C2S/C(=C/c3ccc(-c4ccc(C(=O)OC)cc4)o3)C(=O)N2C)cc1. The molecule has 34 heavy (non-hydrogen) atoms. The van der Waals surface area contributed by atoms with Crippen LogP contribution in [0.2, 0.25) is 0 Å². The second-order valence-electron chi connectivity index (χ2n) is 7.18. The zero-order valence-electron chi connectivity index (χ0n) is 18.6. The third-order valence-electron chi connectivity index (χ3n) is 5.01. The first-order chi connectivity index (χ1) is 16.4. The molecule has 2 aromatic carbocycles. The van der Waals surface area contributed by atoms with Crippen molar-refractivity contribution in [3.8, 4) is 11.3 Å². The van der Waals surface area contributed by atoms with E-state index in [4.69, 9.17) is 13.9 Å². The van der Waals surface area contributed by atoms with Crippen LogP contribution in [0.15, 0.2) is 75.0 Å². The molecule has 1 saturated heterocycles. The molecule has 0 N–H and O–H groups in total. The molecule has 1 aliphatic heterocycles. The van der Waals surface area contributed by atoms with Crippen LogP contribution in [0.5, 0.6) is 0 Å². The molecule has 172 valence electrons. The standard InChI is InChI=1S/C25H20N2O6S/c1-27-22(28)21(34-25(27)26-18-10-8-17(9-11-18)24(30)32-3)14-19-12-13-20(33-19)15-4-6-16(7-5-15)23(29)31-2/h4-14H,1-3H3/b21-14+,26-25?.